The van der Waals surface area contributed by atoms with Gasteiger partial charge in [-0.2, -0.15) is 0 Å². The smallest absolute Gasteiger partial charge is 0.149 e. The van der Waals surface area contributed by atoms with Gasteiger partial charge in [-0.15, -0.1) is 0 Å². The van der Waals surface area contributed by atoms with Crippen molar-refractivity contribution < 1.29 is 8.78 Å². The van der Waals surface area contributed by atoms with Gasteiger partial charge in [-0.3, -0.25) is 0 Å². The van der Waals surface area contributed by atoms with Crippen molar-refractivity contribution in [3.05, 3.63) is 29.8 Å². The molecular weight excluding hydrogens is 210 g/mol. The van der Waals surface area contributed by atoms with Crippen molar-refractivity contribution in [2.75, 3.05) is 31.6 Å². The number of benzene rings is 1. The number of nitrogens with one attached hydrogen (secondary N) is 1. The summed E-state index contributed by atoms with van der Waals surface area (Å²) in [6.07, 6.45) is 1.05. The van der Waals surface area contributed by atoms with Crippen molar-refractivity contribution in [1.82, 2.24) is 5.32 Å². The lowest BCUT2D eigenvalue weighted by Gasteiger charge is -2.19. The van der Waals surface area contributed by atoms with Gasteiger partial charge in [0.05, 0.1) is 5.69 Å². The minimum absolute atomic E-state index is 0.467. The number of nitrogens with zero attached hydrogens (tertiary/aromatic N) is 1. The van der Waals surface area contributed by atoms with Gasteiger partial charge in [0.2, 0.25) is 0 Å². The van der Waals surface area contributed by atoms with Crippen LogP contribution in [0.1, 0.15) is 6.42 Å². The molecule has 1 aliphatic heterocycles. The highest BCUT2D eigenvalue weighted by Gasteiger charge is 2.23. The molecule has 0 saturated carbocycles. The molecule has 4 heteroatoms. The predicted octanol–water partition coefficient (Wildman–Crippen LogP) is 2.01. The fraction of sp³-hybridized carbons (Fsp3) is 0.500. The van der Waals surface area contributed by atoms with Crippen LogP contribution in [0.15, 0.2) is 18.2 Å². The predicted molar refractivity (Wildman–Crippen MR) is 60.6 cm³/mol. The number of hydrogen-bond donors (Lipinski definition) is 1. The van der Waals surface area contributed by atoms with Crippen molar-refractivity contribution >= 4 is 5.69 Å². The zero-order chi connectivity index (χ0) is 11.5. The van der Waals surface area contributed by atoms with Crippen LogP contribution in [0.25, 0.3) is 0 Å². The van der Waals surface area contributed by atoms with E-state index in [0.717, 1.165) is 32.1 Å². The molecule has 1 heterocycles. The van der Waals surface area contributed by atoms with Crippen LogP contribution in [0.4, 0.5) is 14.5 Å². The minimum atomic E-state index is -0.521. The topological polar surface area (TPSA) is 15.3 Å². The molecular formula is C12H16F2N2. The third-order valence-corrected chi connectivity index (χ3v) is 3.03. The van der Waals surface area contributed by atoms with Gasteiger partial charge >= 0.3 is 0 Å². The molecule has 0 amide bonds. The SMILES string of the molecule is CNCC1CCN(c2ccc(F)cc2F)C1. The number of hydrogen-bond acceptors (Lipinski definition) is 2. The first kappa shape index (κ1) is 11.3. The van der Waals surface area contributed by atoms with E-state index in [9.17, 15) is 8.78 Å². The zero-order valence-corrected chi connectivity index (χ0v) is 9.34. The highest BCUT2D eigenvalue weighted by atomic mass is 19.1. The summed E-state index contributed by atoms with van der Waals surface area (Å²) in [4.78, 5) is 1.98. The third kappa shape index (κ3) is 2.32. The van der Waals surface area contributed by atoms with Crippen molar-refractivity contribution in [2.24, 2.45) is 5.92 Å². The first-order valence-electron chi connectivity index (χ1n) is 5.55. The number of anilines is 1. The summed E-state index contributed by atoms with van der Waals surface area (Å²) in [5, 5.41) is 3.12. The third-order valence-electron chi connectivity index (χ3n) is 3.03. The highest BCUT2D eigenvalue weighted by Crippen LogP contribution is 2.26. The summed E-state index contributed by atoms with van der Waals surface area (Å²) >= 11 is 0. The van der Waals surface area contributed by atoms with Gasteiger partial charge in [0.25, 0.3) is 0 Å². The number of rotatable bonds is 3. The maximum atomic E-state index is 13.5. The maximum Gasteiger partial charge on any atom is 0.149 e. The van der Waals surface area contributed by atoms with Crippen LogP contribution in [0.2, 0.25) is 0 Å². The summed E-state index contributed by atoms with van der Waals surface area (Å²) in [6.45, 7) is 2.62. The molecule has 16 heavy (non-hydrogen) atoms. The summed E-state index contributed by atoms with van der Waals surface area (Å²) in [5.41, 5.74) is 0.514. The Morgan fingerprint density at radius 3 is 2.94 bits per heavy atom. The normalized spacial score (nSPS) is 20.4. The van der Waals surface area contributed by atoms with Gasteiger partial charge < -0.3 is 10.2 Å². The molecule has 2 rings (SSSR count). The summed E-state index contributed by atoms with van der Waals surface area (Å²) in [7, 11) is 1.92. The summed E-state index contributed by atoms with van der Waals surface area (Å²) < 4.78 is 26.3. The Bertz CT molecular complexity index is 368. The van der Waals surface area contributed by atoms with Crippen LogP contribution in [-0.2, 0) is 0 Å². The van der Waals surface area contributed by atoms with Crippen LogP contribution >= 0.6 is 0 Å². The molecule has 88 valence electrons. The molecule has 1 saturated heterocycles. The van der Waals surface area contributed by atoms with E-state index in [2.05, 4.69) is 5.32 Å². The Kier molecular flexibility index (Phi) is 3.39. The second kappa shape index (κ2) is 4.78. The van der Waals surface area contributed by atoms with Crippen molar-refractivity contribution in [1.29, 1.82) is 0 Å². The fourth-order valence-electron chi connectivity index (χ4n) is 2.24. The molecule has 0 radical (unpaired) electrons. The summed E-state index contributed by atoms with van der Waals surface area (Å²) in [6, 6.07) is 3.77. The molecule has 1 atom stereocenters. The van der Waals surface area contributed by atoms with E-state index >= 15 is 0 Å². The minimum Gasteiger partial charge on any atom is -0.369 e. The molecule has 1 aliphatic rings. The summed E-state index contributed by atoms with van der Waals surface area (Å²) in [5.74, 6) is -0.438. The lowest BCUT2D eigenvalue weighted by atomic mass is 10.1. The molecule has 2 nitrogen and oxygen atoms in total. The molecule has 1 fully saturated rings. The Labute approximate surface area is 94.3 Å². The second-order valence-electron chi connectivity index (χ2n) is 4.25. The van der Waals surface area contributed by atoms with E-state index in [4.69, 9.17) is 0 Å². The second-order valence-corrected chi connectivity index (χ2v) is 4.25. The van der Waals surface area contributed by atoms with Gasteiger partial charge in [0.15, 0.2) is 0 Å². The quantitative estimate of drug-likeness (QED) is 0.848. The Morgan fingerprint density at radius 1 is 1.44 bits per heavy atom. The fourth-order valence-corrected chi connectivity index (χ4v) is 2.24. The number of halogens is 2. The van der Waals surface area contributed by atoms with E-state index in [1.807, 2.05) is 11.9 Å². The standard InChI is InChI=1S/C12H16F2N2/c1-15-7-9-4-5-16(8-9)12-3-2-10(13)6-11(12)14/h2-3,6,9,15H,4-5,7-8H2,1H3. The average Bonchev–Trinajstić information content (AvgIpc) is 2.67. The van der Waals surface area contributed by atoms with E-state index < -0.39 is 11.6 Å². The van der Waals surface area contributed by atoms with Gasteiger partial charge in [0, 0.05) is 19.2 Å². The van der Waals surface area contributed by atoms with E-state index in [1.165, 1.54) is 12.1 Å². The van der Waals surface area contributed by atoms with Gasteiger partial charge in [0.1, 0.15) is 11.6 Å². The molecule has 1 aromatic carbocycles. The highest BCUT2D eigenvalue weighted by molar-refractivity contribution is 5.48. The van der Waals surface area contributed by atoms with Crippen LogP contribution in [0.5, 0.6) is 0 Å². The van der Waals surface area contributed by atoms with Crippen LogP contribution in [-0.4, -0.2) is 26.7 Å². The van der Waals surface area contributed by atoms with Crippen LogP contribution in [0, 0.1) is 17.6 Å². The molecule has 1 aromatic rings. The molecule has 0 aliphatic carbocycles. The molecule has 1 unspecified atom stereocenters. The Hall–Kier alpha value is -1.16. The lowest BCUT2D eigenvalue weighted by molar-refractivity contribution is 0.547. The van der Waals surface area contributed by atoms with Crippen molar-refractivity contribution in [2.45, 2.75) is 6.42 Å². The largest absolute Gasteiger partial charge is 0.369 e. The molecule has 0 aromatic heterocycles. The average molecular weight is 226 g/mol. The van der Waals surface area contributed by atoms with E-state index in [0.29, 0.717) is 11.6 Å². The monoisotopic (exact) mass is 226 g/mol. The first-order valence-corrected chi connectivity index (χ1v) is 5.55. The first-order chi connectivity index (χ1) is 7.70. The lowest BCUT2D eigenvalue weighted by Crippen LogP contribution is -2.24. The molecule has 0 bridgehead atoms. The van der Waals surface area contributed by atoms with E-state index in [-0.39, 0.29) is 0 Å². The Morgan fingerprint density at radius 2 is 2.25 bits per heavy atom. The Balaban J connectivity index is 2.08. The van der Waals surface area contributed by atoms with Crippen LogP contribution in [0.3, 0.4) is 0 Å². The van der Waals surface area contributed by atoms with Crippen molar-refractivity contribution in [3.63, 3.8) is 0 Å². The van der Waals surface area contributed by atoms with Gasteiger partial charge in [-0.1, -0.05) is 0 Å². The zero-order valence-electron chi connectivity index (χ0n) is 9.34. The van der Waals surface area contributed by atoms with Crippen LogP contribution < -0.4 is 10.2 Å². The molecule has 1 N–H and O–H groups in total. The molecule has 0 spiro atoms. The van der Waals surface area contributed by atoms with Gasteiger partial charge in [-0.05, 0) is 38.1 Å². The van der Waals surface area contributed by atoms with Crippen molar-refractivity contribution in [3.8, 4) is 0 Å². The van der Waals surface area contributed by atoms with Gasteiger partial charge in [-0.25, -0.2) is 8.78 Å². The van der Waals surface area contributed by atoms with E-state index in [1.54, 1.807) is 0 Å². The maximum absolute atomic E-state index is 13.5.